The van der Waals surface area contributed by atoms with Crippen LogP contribution in [0.5, 0.6) is 0 Å². The third kappa shape index (κ3) is 3.81. The topological polar surface area (TPSA) is 109 Å². The molecule has 7 nitrogen and oxygen atoms in total. The Bertz CT molecular complexity index is 1210. The fourth-order valence-electron chi connectivity index (χ4n) is 4.51. The summed E-state index contributed by atoms with van der Waals surface area (Å²) in [7, 11) is 0. The predicted molar refractivity (Wildman–Crippen MR) is 124 cm³/mol. The Morgan fingerprint density at radius 3 is 2.55 bits per heavy atom. The van der Waals surface area contributed by atoms with Crippen LogP contribution < -0.4 is 11.5 Å². The lowest BCUT2D eigenvalue weighted by atomic mass is 9.99. The number of nitrogens with zero attached hydrogens (tertiary/aromatic N) is 5. The number of anilines is 2. The number of hydrogen-bond acceptors (Lipinski definition) is 6. The number of fused-ring (bicyclic) bond motifs is 1. The lowest BCUT2D eigenvalue weighted by Gasteiger charge is -2.10. The molecule has 1 aliphatic carbocycles. The molecule has 0 radical (unpaired) electrons. The van der Waals surface area contributed by atoms with E-state index in [1.165, 1.54) is 25.7 Å². The number of aromatic nitrogens is 5. The smallest absolute Gasteiger partial charge is 0.255 e. The van der Waals surface area contributed by atoms with E-state index in [9.17, 15) is 0 Å². The van der Waals surface area contributed by atoms with Crippen molar-refractivity contribution in [2.75, 3.05) is 11.5 Å². The molecule has 3 aromatic heterocycles. The van der Waals surface area contributed by atoms with Crippen LogP contribution in [-0.2, 0) is 6.42 Å². The van der Waals surface area contributed by atoms with Crippen LogP contribution in [0.1, 0.15) is 37.8 Å². The summed E-state index contributed by atoms with van der Waals surface area (Å²) >= 11 is 6.30. The molecule has 0 saturated heterocycles. The molecule has 8 heteroatoms. The molecule has 0 atom stereocenters. The van der Waals surface area contributed by atoms with Crippen molar-refractivity contribution < 1.29 is 0 Å². The van der Waals surface area contributed by atoms with Crippen molar-refractivity contribution >= 4 is 34.1 Å². The Hall–Kier alpha value is -3.19. The van der Waals surface area contributed by atoms with Gasteiger partial charge in [-0.1, -0.05) is 43.4 Å². The number of benzene rings is 1. The van der Waals surface area contributed by atoms with Crippen LogP contribution in [0.3, 0.4) is 0 Å². The van der Waals surface area contributed by atoms with Crippen molar-refractivity contribution in [3.63, 3.8) is 0 Å². The molecule has 0 amide bonds. The van der Waals surface area contributed by atoms with Gasteiger partial charge >= 0.3 is 0 Å². The maximum atomic E-state index is 6.30. The largest absolute Gasteiger partial charge is 0.383 e. The minimum Gasteiger partial charge on any atom is -0.383 e. The first kappa shape index (κ1) is 19.8. The van der Waals surface area contributed by atoms with Gasteiger partial charge in [0.1, 0.15) is 11.6 Å². The summed E-state index contributed by atoms with van der Waals surface area (Å²) in [5.74, 6) is 1.71. The summed E-state index contributed by atoms with van der Waals surface area (Å²) in [4.78, 5) is 13.2. The summed E-state index contributed by atoms with van der Waals surface area (Å²) < 4.78 is 1.72. The summed E-state index contributed by atoms with van der Waals surface area (Å²) in [5.41, 5.74) is 15.8. The van der Waals surface area contributed by atoms with E-state index in [1.807, 2.05) is 30.3 Å². The Morgan fingerprint density at radius 2 is 1.84 bits per heavy atom. The molecule has 158 valence electrons. The molecule has 4 N–H and O–H groups in total. The number of hydrogen-bond donors (Lipinski definition) is 2. The molecule has 1 aliphatic rings. The number of halogens is 1. The van der Waals surface area contributed by atoms with E-state index in [4.69, 9.17) is 28.2 Å². The van der Waals surface area contributed by atoms with Crippen molar-refractivity contribution in [1.29, 1.82) is 0 Å². The predicted octanol–water partition coefficient (Wildman–Crippen LogP) is 4.82. The summed E-state index contributed by atoms with van der Waals surface area (Å²) in [6, 6.07) is 9.45. The van der Waals surface area contributed by atoms with E-state index in [-0.39, 0.29) is 0 Å². The van der Waals surface area contributed by atoms with Gasteiger partial charge in [-0.05, 0) is 43.0 Å². The molecule has 3 heterocycles. The Labute approximate surface area is 185 Å². The van der Waals surface area contributed by atoms with Crippen LogP contribution >= 0.6 is 11.6 Å². The molecular weight excluding hydrogens is 410 g/mol. The zero-order valence-electron chi connectivity index (χ0n) is 17.1. The monoisotopic (exact) mass is 433 g/mol. The molecular formula is C23H24ClN7. The molecule has 1 aromatic carbocycles. The highest BCUT2D eigenvalue weighted by Gasteiger charge is 2.20. The molecule has 4 aromatic rings. The highest BCUT2D eigenvalue weighted by atomic mass is 35.5. The minimum absolute atomic E-state index is 0.292. The van der Waals surface area contributed by atoms with E-state index in [0.717, 1.165) is 40.9 Å². The van der Waals surface area contributed by atoms with Gasteiger partial charge < -0.3 is 11.5 Å². The molecule has 0 unspecified atom stereocenters. The summed E-state index contributed by atoms with van der Waals surface area (Å²) in [6.45, 7) is 0. The van der Waals surface area contributed by atoms with E-state index >= 15 is 0 Å². The van der Waals surface area contributed by atoms with Crippen LogP contribution in [0.4, 0.5) is 11.6 Å². The van der Waals surface area contributed by atoms with Crippen molar-refractivity contribution in [2.45, 2.75) is 38.5 Å². The maximum Gasteiger partial charge on any atom is 0.255 e. The number of rotatable bonds is 5. The van der Waals surface area contributed by atoms with Gasteiger partial charge in [-0.3, -0.25) is 4.98 Å². The fourth-order valence-corrected chi connectivity index (χ4v) is 4.69. The zero-order chi connectivity index (χ0) is 21.4. The average molecular weight is 434 g/mol. The van der Waals surface area contributed by atoms with Crippen molar-refractivity contribution in [2.24, 2.45) is 5.92 Å². The van der Waals surface area contributed by atoms with Gasteiger partial charge in [-0.2, -0.15) is 19.7 Å². The van der Waals surface area contributed by atoms with E-state index < -0.39 is 0 Å². The van der Waals surface area contributed by atoms with E-state index in [2.05, 4.69) is 15.0 Å². The van der Waals surface area contributed by atoms with E-state index in [1.54, 1.807) is 17.1 Å². The Kier molecular flexibility index (Phi) is 5.19. The van der Waals surface area contributed by atoms with Crippen molar-refractivity contribution in [3.8, 4) is 17.1 Å². The van der Waals surface area contributed by atoms with Crippen LogP contribution in [0, 0.1) is 5.92 Å². The van der Waals surface area contributed by atoms with Gasteiger partial charge in [-0.25, -0.2) is 0 Å². The van der Waals surface area contributed by atoms with Gasteiger partial charge in [0.15, 0.2) is 0 Å². The number of aryl methyl sites for hydroxylation is 1. The van der Waals surface area contributed by atoms with Crippen LogP contribution in [0.25, 0.3) is 28.0 Å². The lowest BCUT2D eigenvalue weighted by molar-refractivity contribution is 0.500. The van der Waals surface area contributed by atoms with Crippen LogP contribution in [-0.4, -0.2) is 24.7 Å². The van der Waals surface area contributed by atoms with Gasteiger partial charge in [0.25, 0.3) is 5.95 Å². The quantitative estimate of drug-likeness (QED) is 0.467. The highest BCUT2D eigenvalue weighted by molar-refractivity contribution is 6.31. The standard InChI is InChI=1S/C23H24ClN7/c24-16-8-10-19-17(12-16)18(9-7-14-4-1-2-5-14)30-31(19)23-28-21(25)20(22(26)29-23)15-6-3-11-27-13-15/h3,6,8,10-14H,1-2,4-5,7,9H2,(H4,25,26,28,29). The summed E-state index contributed by atoms with van der Waals surface area (Å²) in [5, 5.41) is 6.55. The SMILES string of the molecule is Nc1nc(-n2nc(CCC3CCCC3)c3cc(Cl)ccc32)nc(N)c1-c1cccnc1. The van der Waals surface area contributed by atoms with Gasteiger partial charge in [0.2, 0.25) is 0 Å². The molecule has 0 aliphatic heterocycles. The Morgan fingerprint density at radius 1 is 1.06 bits per heavy atom. The number of nitrogens with two attached hydrogens (primary N) is 2. The van der Waals surface area contributed by atoms with Gasteiger partial charge in [-0.15, -0.1) is 0 Å². The molecule has 1 saturated carbocycles. The molecule has 1 fully saturated rings. The molecule has 0 spiro atoms. The first-order valence-corrected chi connectivity index (χ1v) is 11.0. The number of pyridine rings is 1. The molecule has 31 heavy (non-hydrogen) atoms. The van der Waals surface area contributed by atoms with Crippen LogP contribution in [0.15, 0.2) is 42.7 Å². The fraction of sp³-hybridized carbons (Fsp3) is 0.304. The average Bonchev–Trinajstić information content (AvgIpc) is 3.40. The van der Waals surface area contributed by atoms with Gasteiger partial charge in [0.05, 0.1) is 16.8 Å². The van der Waals surface area contributed by atoms with Gasteiger partial charge in [0, 0.05) is 28.4 Å². The Balaban J connectivity index is 1.57. The third-order valence-corrected chi connectivity index (χ3v) is 6.31. The lowest BCUT2D eigenvalue weighted by Crippen LogP contribution is -2.10. The second-order valence-electron chi connectivity index (χ2n) is 8.12. The first-order valence-electron chi connectivity index (χ1n) is 10.6. The number of nitrogen functional groups attached to an aromatic ring is 2. The highest BCUT2D eigenvalue weighted by Crippen LogP contribution is 2.33. The maximum absolute atomic E-state index is 6.30. The molecule has 5 rings (SSSR count). The van der Waals surface area contributed by atoms with Crippen LogP contribution in [0.2, 0.25) is 5.02 Å². The normalized spacial score (nSPS) is 14.5. The van der Waals surface area contributed by atoms with Crippen molar-refractivity contribution in [1.82, 2.24) is 24.7 Å². The second kappa shape index (κ2) is 8.15. The minimum atomic E-state index is 0.292. The second-order valence-corrected chi connectivity index (χ2v) is 8.56. The van der Waals surface area contributed by atoms with Crippen molar-refractivity contribution in [3.05, 3.63) is 53.4 Å². The summed E-state index contributed by atoms with van der Waals surface area (Å²) in [6.07, 6.45) is 10.7. The third-order valence-electron chi connectivity index (χ3n) is 6.08. The first-order chi connectivity index (χ1) is 15.1. The van der Waals surface area contributed by atoms with E-state index in [0.29, 0.717) is 28.2 Å². The zero-order valence-corrected chi connectivity index (χ0v) is 17.9. The molecule has 0 bridgehead atoms.